The van der Waals surface area contributed by atoms with E-state index in [0.717, 1.165) is 17.1 Å². The largest absolute Gasteiger partial charge is 0.433 e. The van der Waals surface area contributed by atoms with E-state index in [1.165, 1.54) is 23.6 Å². The lowest BCUT2D eigenvalue weighted by atomic mass is 10.2. The van der Waals surface area contributed by atoms with E-state index in [1.54, 1.807) is 30.8 Å². The number of nitrogens with zero attached hydrogens (tertiary/aromatic N) is 5. The van der Waals surface area contributed by atoms with E-state index < -0.39 is 11.9 Å². The fraction of sp³-hybridized carbons (Fsp3) is 0.211. The molecule has 0 saturated carbocycles. The highest BCUT2D eigenvalue weighted by Gasteiger charge is 2.32. The first kappa shape index (κ1) is 21.5. The maximum Gasteiger partial charge on any atom is 0.433 e. The average molecular weight is 462 g/mol. The predicted octanol–water partition coefficient (Wildman–Crippen LogP) is 3.66. The SMILES string of the molecule is CC(NC(=O)c1cc2c(cn1)nc(N)n2C)c1cnc(Nc2ccc(C(F)(F)F)nc2)s1. The molecule has 13 heteroatoms. The second-order valence-electron chi connectivity index (χ2n) is 6.91. The molecule has 1 atom stereocenters. The summed E-state index contributed by atoms with van der Waals surface area (Å²) in [6.45, 7) is 1.79. The number of amides is 1. The number of aryl methyl sites for hydroxylation is 1. The molecular weight excluding hydrogens is 445 g/mol. The normalized spacial score (nSPS) is 12.7. The minimum atomic E-state index is -4.50. The molecule has 4 N–H and O–H groups in total. The van der Waals surface area contributed by atoms with Gasteiger partial charge in [-0.05, 0) is 25.1 Å². The van der Waals surface area contributed by atoms with E-state index in [-0.39, 0.29) is 17.6 Å². The second-order valence-corrected chi connectivity index (χ2v) is 7.97. The lowest BCUT2D eigenvalue weighted by Gasteiger charge is -2.11. The van der Waals surface area contributed by atoms with Crippen LogP contribution >= 0.6 is 11.3 Å². The summed E-state index contributed by atoms with van der Waals surface area (Å²) in [7, 11) is 1.74. The molecule has 4 heterocycles. The number of pyridine rings is 2. The van der Waals surface area contributed by atoms with Gasteiger partial charge < -0.3 is 20.9 Å². The third-order valence-electron chi connectivity index (χ3n) is 4.64. The summed E-state index contributed by atoms with van der Waals surface area (Å²) in [5.74, 6) is -0.0605. The van der Waals surface area contributed by atoms with Crippen LogP contribution in [0.25, 0.3) is 11.0 Å². The topological polar surface area (TPSA) is 124 Å². The van der Waals surface area contributed by atoms with Crippen LogP contribution in [-0.4, -0.2) is 30.4 Å². The van der Waals surface area contributed by atoms with Gasteiger partial charge in [0.15, 0.2) is 5.13 Å². The van der Waals surface area contributed by atoms with Crippen molar-refractivity contribution in [3.05, 3.63) is 53.1 Å². The molecule has 0 aliphatic rings. The number of aromatic nitrogens is 5. The van der Waals surface area contributed by atoms with Crippen LogP contribution in [0.2, 0.25) is 0 Å². The Morgan fingerprint density at radius 1 is 1.19 bits per heavy atom. The monoisotopic (exact) mass is 462 g/mol. The van der Waals surface area contributed by atoms with Crippen LogP contribution in [0.4, 0.5) is 29.9 Å². The van der Waals surface area contributed by atoms with Crippen LogP contribution in [0.15, 0.2) is 36.8 Å². The van der Waals surface area contributed by atoms with Crippen molar-refractivity contribution in [3.8, 4) is 0 Å². The standard InChI is InChI=1S/C19H17F3N8OS/c1-9(27-16(31)11-5-13-12(7-24-11)29-17(23)30(13)2)14-8-26-18(32-14)28-10-3-4-15(25-6-10)19(20,21)22/h3-9H,1-2H3,(H2,23,29)(H,26,28)(H,27,31). The fourth-order valence-electron chi connectivity index (χ4n) is 2.88. The predicted molar refractivity (Wildman–Crippen MR) is 113 cm³/mol. The number of carbonyl (C=O) groups excluding carboxylic acids is 1. The number of nitrogens with one attached hydrogen (secondary N) is 2. The number of anilines is 3. The van der Waals surface area contributed by atoms with Gasteiger partial charge in [0.05, 0.1) is 29.6 Å². The number of thiazole rings is 1. The Morgan fingerprint density at radius 2 is 1.97 bits per heavy atom. The number of nitrogens with two attached hydrogens (primary N) is 1. The Bertz CT molecular complexity index is 1280. The van der Waals surface area contributed by atoms with Crippen molar-refractivity contribution in [3.63, 3.8) is 0 Å². The van der Waals surface area contributed by atoms with Crippen molar-refractivity contribution < 1.29 is 18.0 Å². The Kier molecular flexibility index (Phi) is 5.42. The van der Waals surface area contributed by atoms with Crippen molar-refractivity contribution in [2.75, 3.05) is 11.1 Å². The lowest BCUT2D eigenvalue weighted by Crippen LogP contribution is -2.26. The van der Waals surface area contributed by atoms with Crippen LogP contribution in [0.5, 0.6) is 0 Å². The van der Waals surface area contributed by atoms with Crippen molar-refractivity contribution in [1.29, 1.82) is 0 Å². The van der Waals surface area contributed by atoms with E-state index in [9.17, 15) is 18.0 Å². The zero-order valence-corrected chi connectivity index (χ0v) is 17.6. The van der Waals surface area contributed by atoms with Gasteiger partial charge >= 0.3 is 6.18 Å². The fourth-order valence-corrected chi connectivity index (χ4v) is 3.72. The van der Waals surface area contributed by atoms with Gasteiger partial charge in [0, 0.05) is 18.1 Å². The highest BCUT2D eigenvalue weighted by Crippen LogP contribution is 2.30. The van der Waals surface area contributed by atoms with Crippen LogP contribution in [-0.2, 0) is 13.2 Å². The summed E-state index contributed by atoms with van der Waals surface area (Å²) in [4.78, 5) is 29.3. The van der Waals surface area contributed by atoms with E-state index in [1.807, 2.05) is 0 Å². The highest BCUT2D eigenvalue weighted by molar-refractivity contribution is 7.15. The summed E-state index contributed by atoms with van der Waals surface area (Å²) < 4.78 is 39.5. The number of alkyl halides is 3. The molecule has 4 aromatic rings. The zero-order chi connectivity index (χ0) is 23.0. The number of fused-ring (bicyclic) bond motifs is 1. The Balaban J connectivity index is 1.43. The van der Waals surface area contributed by atoms with Gasteiger partial charge in [-0.1, -0.05) is 11.3 Å². The molecule has 0 radical (unpaired) electrons. The summed E-state index contributed by atoms with van der Waals surface area (Å²) in [6.07, 6.45) is -0.350. The molecule has 0 saturated heterocycles. The lowest BCUT2D eigenvalue weighted by molar-refractivity contribution is -0.141. The molecule has 4 aromatic heterocycles. The molecule has 0 spiro atoms. The van der Waals surface area contributed by atoms with Crippen molar-refractivity contribution >= 4 is 45.0 Å². The van der Waals surface area contributed by atoms with E-state index in [0.29, 0.717) is 27.8 Å². The van der Waals surface area contributed by atoms with E-state index >= 15 is 0 Å². The Labute approximate surface area is 183 Å². The first-order valence-corrected chi connectivity index (χ1v) is 10.1. The number of rotatable bonds is 5. The smallest absolute Gasteiger partial charge is 0.369 e. The highest BCUT2D eigenvalue weighted by atomic mass is 32.1. The van der Waals surface area contributed by atoms with Gasteiger partial charge in [0.1, 0.15) is 16.9 Å². The van der Waals surface area contributed by atoms with E-state index in [2.05, 4.69) is 30.6 Å². The van der Waals surface area contributed by atoms with Crippen LogP contribution in [0.3, 0.4) is 0 Å². The maximum atomic E-state index is 12.6. The van der Waals surface area contributed by atoms with Gasteiger partial charge in [0.2, 0.25) is 5.95 Å². The molecule has 4 rings (SSSR count). The zero-order valence-electron chi connectivity index (χ0n) is 16.8. The minimum absolute atomic E-state index is 0.214. The number of hydrogen-bond donors (Lipinski definition) is 3. The Hall–Kier alpha value is -3.74. The first-order chi connectivity index (χ1) is 15.1. The number of carbonyl (C=O) groups is 1. The molecule has 166 valence electrons. The molecule has 9 nitrogen and oxygen atoms in total. The molecule has 0 aliphatic heterocycles. The second kappa shape index (κ2) is 8.07. The summed E-state index contributed by atoms with van der Waals surface area (Å²) >= 11 is 1.25. The first-order valence-electron chi connectivity index (χ1n) is 9.26. The maximum absolute atomic E-state index is 12.6. The van der Waals surface area contributed by atoms with Crippen molar-refractivity contribution in [1.82, 2.24) is 29.8 Å². The molecule has 1 amide bonds. The average Bonchev–Trinajstić information content (AvgIpc) is 3.32. The van der Waals surface area contributed by atoms with Gasteiger partial charge in [-0.25, -0.2) is 19.9 Å². The van der Waals surface area contributed by atoms with Crippen LogP contribution in [0.1, 0.15) is 34.0 Å². The van der Waals surface area contributed by atoms with Gasteiger partial charge in [-0.15, -0.1) is 0 Å². The summed E-state index contributed by atoms with van der Waals surface area (Å²) in [6, 6.07) is 3.39. The quantitative estimate of drug-likeness (QED) is 0.414. The number of hydrogen-bond acceptors (Lipinski definition) is 8. The summed E-state index contributed by atoms with van der Waals surface area (Å²) in [5.41, 5.74) is 6.66. The number of imidazole rings is 1. The molecule has 0 aliphatic carbocycles. The molecule has 1 unspecified atom stereocenters. The third-order valence-corrected chi connectivity index (χ3v) is 5.73. The number of halogens is 3. The number of nitrogen functional groups attached to an aromatic ring is 1. The van der Waals surface area contributed by atoms with Gasteiger partial charge in [0.25, 0.3) is 5.91 Å². The van der Waals surface area contributed by atoms with Crippen molar-refractivity contribution in [2.45, 2.75) is 19.1 Å². The third kappa shape index (κ3) is 4.32. The van der Waals surface area contributed by atoms with Gasteiger partial charge in [-0.2, -0.15) is 13.2 Å². The summed E-state index contributed by atoms with van der Waals surface area (Å²) in [5, 5.41) is 6.20. The molecule has 0 aromatic carbocycles. The molecule has 0 fully saturated rings. The van der Waals surface area contributed by atoms with Crippen molar-refractivity contribution in [2.24, 2.45) is 7.05 Å². The molecule has 32 heavy (non-hydrogen) atoms. The van der Waals surface area contributed by atoms with Crippen LogP contribution < -0.4 is 16.4 Å². The Morgan fingerprint density at radius 3 is 2.66 bits per heavy atom. The molecular formula is C19H17F3N8OS. The van der Waals surface area contributed by atoms with E-state index in [4.69, 9.17) is 5.73 Å². The van der Waals surface area contributed by atoms with Crippen LogP contribution in [0, 0.1) is 0 Å². The minimum Gasteiger partial charge on any atom is -0.369 e. The molecule has 0 bridgehead atoms. The van der Waals surface area contributed by atoms with Gasteiger partial charge in [-0.3, -0.25) is 4.79 Å².